The van der Waals surface area contributed by atoms with Gasteiger partial charge in [0.25, 0.3) is 0 Å². The number of amides is 1. The molecule has 4 heterocycles. The number of ether oxygens (including phenoxy) is 3. The van der Waals surface area contributed by atoms with Crippen LogP contribution < -0.4 is 16.8 Å². The molecule has 4 atom stereocenters. The van der Waals surface area contributed by atoms with Crippen molar-refractivity contribution in [2.75, 3.05) is 23.3 Å². The summed E-state index contributed by atoms with van der Waals surface area (Å²) in [6, 6.07) is 2.36. The Morgan fingerprint density at radius 3 is 2.60 bits per heavy atom. The van der Waals surface area contributed by atoms with Gasteiger partial charge in [-0.15, -0.1) is 0 Å². The molecule has 1 aromatic carbocycles. The zero-order valence-electron chi connectivity index (χ0n) is 26.6. The van der Waals surface area contributed by atoms with Gasteiger partial charge in [-0.3, -0.25) is 14.3 Å². The fourth-order valence-corrected chi connectivity index (χ4v) is 7.24. The summed E-state index contributed by atoms with van der Waals surface area (Å²) in [6.45, 7) is 8.75. The first kappa shape index (κ1) is 33.7. The number of nitrogen functional groups attached to an aromatic ring is 2. The first-order valence-electron chi connectivity index (χ1n) is 15.8. The van der Waals surface area contributed by atoms with Crippen LogP contribution in [0, 0.1) is 5.92 Å². The fourth-order valence-electron chi connectivity index (χ4n) is 6.96. The van der Waals surface area contributed by atoms with E-state index in [-0.39, 0.29) is 42.1 Å². The van der Waals surface area contributed by atoms with E-state index in [0.29, 0.717) is 41.9 Å². The number of alkyl halides is 3. The van der Waals surface area contributed by atoms with Crippen LogP contribution in [-0.4, -0.2) is 73.1 Å². The molecule has 6 rings (SSSR count). The lowest BCUT2D eigenvalue weighted by molar-refractivity contribution is -0.199. The SMILES string of the molecule is CC(C)N(C[C@H]1O[C@@H](n2cnc3c(N)ncnc32)[C@@H]2OC(C)(C)O[C@@H]21)C1CC(CCCC(=O)Nc2cc(C(F)(F)F)c(Cl)cc2N)C1. The van der Waals surface area contributed by atoms with Gasteiger partial charge in [0.1, 0.15) is 30.2 Å². The lowest BCUT2D eigenvalue weighted by Crippen LogP contribution is -2.52. The Hall–Kier alpha value is -3.24. The number of carbonyl (C=O) groups excluding carboxylic acids is 1. The quantitative estimate of drug-likeness (QED) is 0.238. The number of benzene rings is 1. The van der Waals surface area contributed by atoms with E-state index in [1.165, 1.54) is 6.33 Å². The number of nitrogens with two attached hydrogens (primary N) is 2. The van der Waals surface area contributed by atoms with Crippen LogP contribution in [0.15, 0.2) is 24.8 Å². The summed E-state index contributed by atoms with van der Waals surface area (Å²) in [6.07, 6.45) is 0.476. The molecule has 0 unspecified atom stereocenters. The van der Waals surface area contributed by atoms with Crippen molar-refractivity contribution in [2.24, 2.45) is 5.92 Å². The van der Waals surface area contributed by atoms with Crippen molar-refractivity contribution in [3.8, 4) is 0 Å². The molecule has 256 valence electrons. The Morgan fingerprint density at radius 2 is 1.89 bits per heavy atom. The largest absolute Gasteiger partial charge is 0.417 e. The first-order valence-corrected chi connectivity index (χ1v) is 16.1. The average Bonchev–Trinajstić information content (AvgIpc) is 3.61. The normalized spacial score (nSPS) is 27.0. The second-order valence-corrected chi connectivity index (χ2v) is 13.8. The molecule has 2 saturated heterocycles. The highest BCUT2D eigenvalue weighted by Crippen LogP contribution is 2.45. The summed E-state index contributed by atoms with van der Waals surface area (Å²) in [7, 11) is 0. The van der Waals surface area contributed by atoms with Gasteiger partial charge in [0, 0.05) is 25.0 Å². The number of rotatable bonds is 10. The van der Waals surface area contributed by atoms with E-state index in [1.807, 2.05) is 18.4 Å². The summed E-state index contributed by atoms with van der Waals surface area (Å²) in [5.74, 6) is -0.448. The van der Waals surface area contributed by atoms with Gasteiger partial charge in [0.05, 0.1) is 28.3 Å². The molecule has 12 nitrogen and oxygen atoms in total. The molecule has 0 radical (unpaired) electrons. The summed E-state index contributed by atoms with van der Waals surface area (Å²) in [5.41, 5.74) is 11.7. The lowest BCUT2D eigenvalue weighted by atomic mass is 9.76. The fraction of sp³-hybridized carbons (Fsp3) is 0.613. The van der Waals surface area contributed by atoms with Crippen LogP contribution in [0.3, 0.4) is 0 Å². The predicted octanol–water partition coefficient (Wildman–Crippen LogP) is 5.38. The highest BCUT2D eigenvalue weighted by atomic mass is 35.5. The summed E-state index contributed by atoms with van der Waals surface area (Å²) >= 11 is 5.70. The third-order valence-electron chi connectivity index (χ3n) is 9.26. The minimum atomic E-state index is -4.66. The van der Waals surface area contributed by atoms with E-state index >= 15 is 0 Å². The van der Waals surface area contributed by atoms with Crippen LogP contribution in [0.5, 0.6) is 0 Å². The minimum absolute atomic E-state index is 0.0222. The zero-order chi connectivity index (χ0) is 33.8. The van der Waals surface area contributed by atoms with Gasteiger partial charge in [0.2, 0.25) is 5.91 Å². The molecule has 5 N–H and O–H groups in total. The molecule has 1 saturated carbocycles. The maximum Gasteiger partial charge on any atom is 0.417 e. The monoisotopic (exact) mass is 680 g/mol. The van der Waals surface area contributed by atoms with Crippen molar-refractivity contribution in [3.05, 3.63) is 35.4 Å². The molecular weight excluding hydrogens is 641 g/mol. The van der Waals surface area contributed by atoms with E-state index in [2.05, 4.69) is 39.0 Å². The summed E-state index contributed by atoms with van der Waals surface area (Å²) < 4.78 is 60.9. The molecule has 2 aliphatic heterocycles. The maximum atomic E-state index is 13.2. The molecule has 2 aromatic heterocycles. The van der Waals surface area contributed by atoms with Gasteiger partial charge in [-0.05, 0) is 71.4 Å². The maximum absolute atomic E-state index is 13.2. The number of anilines is 3. The van der Waals surface area contributed by atoms with Crippen LogP contribution in [-0.2, 0) is 25.2 Å². The predicted molar refractivity (Wildman–Crippen MR) is 169 cm³/mol. The van der Waals surface area contributed by atoms with Crippen LogP contribution in [0.25, 0.3) is 11.2 Å². The third-order valence-corrected chi connectivity index (χ3v) is 9.57. The molecule has 1 aliphatic carbocycles. The van der Waals surface area contributed by atoms with Crippen molar-refractivity contribution >= 4 is 45.9 Å². The molecule has 47 heavy (non-hydrogen) atoms. The highest BCUT2D eigenvalue weighted by molar-refractivity contribution is 6.32. The smallest absolute Gasteiger partial charge is 0.397 e. The number of fused-ring (bicyclic) bond motifs is 2. The molecular formula is C31H40ClF3N8O4. The molecule has 3 fully saturated rings. The van der Waals surface area contributed by atoms with E-state index in [9.17, 15) is 18.0 Å². The van der Waals surface area contributed by atoms with E-state index < -0.39 is 34.7 Å². The molecule has 16 heteroatoms. The zero-order valence-corrected chi connectivity index (χ0v) is 27.4. The Morgan fingerprint density at radius 1 is 1.17 bits per heavy atom. The molecule has 1 amide bonds. The van der Waals surface area contributed by atoms with Gasteiger partial charge in [-0.2, -0.15) is 13.2 Å². The Kier molecular flexibility index (Phi) is 9.06. The van der Waals surface area contributed by atoms with E-state index in [0.717, 1.165) is 31.4 Å². The van der Waals surface area contributed by atoms with Gasteiger partial charge in [0.15, 0.2) is 23.5 Å². The number of imidazole rings is 1. The van der Waals surface area contributed by atoms with Crippen molar-refractivity contribution in [1.82, 2.24) is 24.4 Å². The van der Waals surface area contributed by atoms with Crippen molar-refractivity contribution in [2.45, 2.75) is 108 Å². The number of halogens is 4. The van der Waals surface area contributed by atoms with Crippen LogP contribution in [0.2, 0.25) is 5.02 Å². The van der Waals surface area contributed by atoms with E-state index in [4.69, 9.17) is 37.3 Å². The second-order valence-electron chi connectivity index (χ2n) is 13.4. The molecule has 3 aliphatic rings. The Labute approximate surface area is 275 Å². The van der Waals surface area contributed by atoms with Gasteiger partial charge in [-0.25, -0.2) is 15.0 Å². The minimum Gasteiger partial charge on any atom is -0.397 e. The number of nitrogens with one attached hydrogen (secondary N) is 1. The summed E-state index contributed by atoms with van der Waals surface area (Å²) in [5, 5.41) is 1.99. The third kappa shape index (κ3) is 6.86. The van der Waals surface area contributed by atoms with Crippen LogP contribution in [0.1, 0.15) is 71.6 Å². The standard InChI is InChI=1S/C31H40ClF3N8O4/c1-15(2)42(17-8-16(9-17)6-5-7-23(44)41-21-10-18(31(33,34)35)19(32)11-20(21)36)12-22-25-26(47-30(3,4)46-25)29(45-22)43-14-40-24-27(37)38-13-39-28(24)43/h10-11,13-17,22,25-26,29H,5-9,12,36H2,1-4H3,(H,41,44)(H2,37,38,39)/t16?,17?,22-,25-,26-,29-/m1/s1. The average molecular weight is 681 g/mol. The van der Waals surface area contributed by atoms with Crippen molar-refractivity contribution in [1.29, 1.82) is 0 Å². The van der Waals surface area contributed by atoms with Crippen molar-refractivity contribution < 1.29 is 32.2 Å². The number of carbonyl (C=O) groups is 1. The molecule has 0 spiro atoms. The molecule has 3 aromatic rings. The number of hydrogen-bond donors (Lipinski definition) is 3. The van der Waals surface area contributed by atoms with E-state index in [1.54, 1.807) is 6.33 Å². The Balaban J connectivity index is 1.03. The topological polar surface area (TPSA) is 156 Å². The van der Waals surface area contributed by atoms with Gasteiger partial charge >= 0.3 is 6.18 Å². The van der Waals surface area contributed by atoms with Crippen molar-refractivity contribution in [3.63, 3.8) is 0 Å². The number of nitrogens with zero attached hydrogens (tertiary/aromatic N) is 5. The van der Waals surface area contributed by atoms with Crippen LogP contribution in [0.4, 0.5) is 30.4 Å². The first-order chi connectivity index (χ1) is 22.1. The number of aromatic nitrogens is 4. The Bertz CT molecular complexity index is 1630. The van der Waals surface area contributed by atoms with Gasteiger partial charge in [-0.1, -0.05) is 11.6 Å². The summed E-state index contributed by atoms with van der Waals surface area (Å²) in [4.78, 5) is 27.8. The van der Waals surface area contributed by atoms with Gasteiger partial charge < -0.3 is 31.0 Å². The lowest BCUT2D eigenvalue weighted by Gasteiger charge is -2.46. The highest BCUT2D eigenvalue weighted by Gasteiger charge is 2.57. The number of hydrogen-bond acceptors (Lipinski definition) is 10. The second kappa shape index (κ2) is 12.7. The van der Waals surface area contributed by atoms with Crippen LogP contribution >= 0.6 is 11.6 Å². The molecule has 0 bridgehead atoms.